The van der Waals surface area contributed by atoms with Crippen LogP contribution >= 0.6 is 11.8 Å². The zero-order valence-electron chi connectivity index (χ0n) is 10.1. The lowest BCUT2D eigenvalue weighted by Crippen LogP contribution is -1.79. The third-order valence-corrected chi connectivity index (χ3v) is 2.45. The quantitative estimate of drug-likeness (QED) is 0.471. The summed E-state index contributed by atoms with van der Waals surface area (Å²) in [4.78, 5) is 1.38. The Bertz CT molecular complexity index is 241. The van der Waals surface area contributed by atoms with Gasteiger partial charge in [0.25, 0.3) is 0 Å². The molecule has 1 aromatic carbocycles. The van der Waals surface area contributed by atoms with Crippen molar-refractivity contribution in [2.75, 3.05) is 6.26 Å². The predicted octanol–water partition coefficient (Wildman–Crippen LogP) is 4.85. The normalized spacial score (nSPS) is 7.79. The first-order valence-electron chi connectivity index (χ1n) is 4.85. The van der Waals surface area contributed by atoms with Crippen LogP contribution in [0.25, 0.3) is 0 Å². The van der Waals surface area contributed by atoms with Crippen LogP contribution in [0.4, 0.5) is 0 Å². The van der Waals surface area contributed by atoms with Crippen molar-refractivity contribution < 1.29 is 0 Å². The van der Waals surface area contributed by atoms with Gasteiger partial charge in [-0.1, -0.05) is 31.5 Å². The molecule has 0 N–H and O–H groups in total. The molecule has 0 aliphatic rings. The van der Waals surface area contributed by atoms with E-state index >= 15 is 0 Å². The van der Waals surface area contributed by atoms with Crippen LogP contribution in [-0.2, 0) is 0 Å². The molecule has 0 nitrogen and oxygen atoms in total. The molecule has 0 fully saturated rings. The van der Waals surface area contributed by atoms with Crippen molar-refractivity contribution in [1.29, 1.82) is 0 Å². The first-order chi connectivity index (χ1) is 6.74. The van der Waals surface area contributed by atoms with Crippen LogP contribution in [0.15, 0.2) is 36.3 Å². The molecule has 0 aliphatic heterocycles. The second-order valence-electron chi connectivity index (χ2n) is 2.47. The Hall–Kier alpha value is -0.690. The van der Waals surface area contributed by atoms with Crippen LogP contribution in [0.3, 0.4) is 0 Å². The van der Waals surface area contributed by atoms with Gasteiger partial charge in [-0.25, -0.2) is 0 Å². The molecule has 0 atom stereocenters. The van der Waals surface area contributed by atoms with Crippen LogP contribution in [0, 0.1) is 13.8 Å². The Labute approximate surface area is 93.4 Å². The summed E-state index contributed by atoms with van der Waals surface area (Å²) < 4.78 is 0. The third-order valence-electron chi connectivity index (χ3n) is 1.55. The van der Waals surface area contributed by atoms with Crippen molar-refractivity contribution in [3.63, 3.8) is 0 Å². The number of aryl methyl sites for hydroxylation is 2. The lowest BCUT2D eigenvalue weighted by Gasteiger charge is -2.01. The molecule has 0 saturated heterocycles. The topological polar surface area (TPSA) is 0 Å². The molecular weight excluding hydrogens is 188 g/mol. The van der Waals surface area contributed by atoms with E-state index in [2.05, 4.69) is 51.5 Å². The van der Waals surface area contributed by atoms with Crippen molar-refractivity contribution in [2.45, 2.75) is 32.6 Å². The monoisotopic (exact) mass is 210 g/mol. The Balaban J connectivity index is 0. The van der Waals surface area contributed by atoms with Gasteiger partial charge in [-0.05, 0) is 31.7 Å². The Morgan fingerprint density at radius 1 is 1.07 bits per heavy atom. The maximum Gasteiger partial charge on any atom is 0.00985 e. The van der Waals surface area contributed by atoms with Gasteiger partial charge in [-0.15, -0.1) is 24.9 Å². The van der Waals surface area contributed by atoms with Gasteiger partial charge in [0.05, 0.1) is 0 Å². The van der Waals surface area contributed by atoms with E-state index in [-0.39, 0.29) is 0 Å². The summed E-state index contributed by atoms with van der Waals surface area (Å²) in [7, 11) is 0. The highest BCUT2D eigenvalue weighted by atomic mass is 32.2. The third kappa shape index (κ3) is 5.87. The van der Waals surface area contributed by atoms with Crippen molar-refractivity contribution in [1.82, 2.24) is 0 Å². The SMILES string of the molecule is C=C.CC.CSc1ccc(C)cc1C. The Kier molecular flexibility index (Phi) is 11.7. The molecule has 0 aliphatic carbocycles. The fourth-order valence-corrected chi connectivity index (χ4v) is 1.61. The molecule has 1 rings (SSSR count). The van der Waals surface area contributed by atoms with Crippen LogP contribution in [0.1, 0.15) is 25.0 Å². The smallest absolute Gasteiger partial charge is 0.00985 e. The molecule has 0 heterocycles. The van der Waals surface area contributed by atoms with Crippen molar-refractivity contribution in [2.24, 2.45) is 0 Å². The highest BCUT2D eigenvalue weighted by Gasteiger charge is 1.93. The average Bonchev–Trinajstić information content (AvgIpc) is 2.24. The van der Waals surface area contributed by atoms with E-state index in [1.165, 1.54) is 16.0 Å². The van der Waals surface area contributed by atoms with Crippen molar-refractivity contribution >= 4 is 11.8 Å². The summed E-state index contributed by atoms with van der Waals surface area (Å²) in [6.45, 7) is 14.3. The second kappa shape index (κ2) is 10.4. The minimum absolute atomic E-state index is 1.34. The molecule has 0 saturated carbocycles. The lowest BCUT2D eigenvalue weighted by atomic mass is 10.2. The summed E-state index contributed by atoms with van der Waals surface area (Å²) in [5.41, 5.74) is 2.72. The predicted molar refractivity (Wildman–Crippen MR) is 70.3 cm³/mol. The Morgan fingerprint density at radius 2 is 1.57 bits per heavy atom. The van der Waals surface area contributed by atoms with Gasteiger partial charge in [0.1, 0.15) is 0 Å². The second-order valence-corrected chi connectivity index (χ2v) is 3.32. The van der Waals surface area contributed by atoms with Gasteiger partial charge < -0.3 is 0 Å². The van der Waals surface area contributed by atoms with Gasteiger partial charge in [0.2, 0.25) is 0 Å². The van der Waals surface area contributed by atoms with E-state index in [4.69, 9.17) is 0 Å². The molecule has 80 valence electrons. The minimum atomic E-state index is 1.34. The van der Waals surface area contributed by atoms with Crippen LogP contribution in [-0.4, -0.2) is 6.26 Å². The summed E-state index contributed by atoms with van der Waals surface area (Å²) in [5.74, 6) is 0. The first-order valence-corrected chi connectivity index (χ1v) is 6.08. The zero-order chi connectivity index (χ0) is 11.6. The standard InChI is InChI=1S/C9H12S.C2H6.C2H4/c1-7-4-5-9(10-3)8(2)6-7;2*1-2/h4-6H,1-3H3;1-2H3;1-2H2. The van der Waals surface area contributed by atoms with E-state index in [1.54, 1.807) is 11.8 Å². The first kappa shape index (κ1) is 15.8. The van der Waals surface area contributed by atoms with Crippen molar-refractivity contribution in [3.8, 4) is 0 Å². The number of hydrogen-bond donors (Lipinski definition) is 0. The lowest BCUT2D eigenvalue weighted by molar-refractivity contribution is 1.27. The molecule has 0 unspecified atom stereocenters. The minimum Gasteiger partial charge on any atom is -0.129 e. The van der Waals surface area contributed by atoms with Gasteiger partial charge in [-0.2, -0.15) is 0 Å². The molecule has 0 amide bonds. The van der Waals surface area contributed by atoms with Crippen LogP contribution in [0.5, 0.6) is 0 Å². The van der Waals surface area contributed by atoms with E-state index < -0.39 is 0 Å². The molecule has 0 spiro atoms. The molecular formula is C13H22S. The van der Waals surface area contributed by atoms with E-state index in [1.807, 2.05) is 13.8 Å². The van der Waals surface area contributed by atoms with E-state index in [9.17, 15) is 0 Å². The van der Waals surface area contributed by atoms with Crippen LogP contribution < -0.4 is 0 Å². The number of thioether (sulfide) groups is 1. The number of hydrogen-bond acceptors (Lipinski definition) is 1. The molecule has 14 heavy (non-hydrogen) atoms. The fraction of sp³-hybridized carbons (Fsp3) is 0.385. The van der Waals surface area contributed by atoms with Gasteiger partial charge in [0, 0.05) is 4.90 Å². The van der Waals surface area contributed by atoms with Gasteiger partial charge >= 0.3 is 0 Å². The molecule has 1 heteroatoms. The van der Waals surface area contributed by atoms with Crippen LogP contribution in [0.2, 0.25) is 0 Å². The van der Waals surface area contributed by atoms with Gasteiger partial charge in [0.15, 0.2) is 0 Å². The largest absolute Gasteiger partial charge is 0.129 e. The maximum absolute atomic E-state index is 3.00. The van der Waals surface area contributed by atoms with E-state index in [0.29, 0.717) is 0 Å². The average molecular weight is 210 g/mol. The Morgan fingerprint density at radius 3 is 1.93 bits per heavy atom. The summed E-state index contributed by atoms with van der Waals surface area (Å²) in [5, 5.41) is 0. The van der Waals surface area contributed by atoms with E-state index in [0.717, 1.165) is 0 Å². The number of benzene rings is 1. The molecule has 0 bridgehead atoms. The summed E-state index contributed by atoms with van der Waals surface area (Å²) in [6.07, 6.45) is 2.11. The molecule has 0 radical (unpaired) electrons. The maximum atomic E-state index is 3.00. The van der Waals surface area contributed by atoms with Gasteiger partial charge in [-0.3, -0.25) is 0 Å². The van der Waals surface area contributed by atoms with Crippen molar-refractivity contribution in [3.05, 3.63) is 42.5 Å². The highest BCUT2D eigenvalue weighted by molar-refractivity contribution is 7.98. The summed E-state index contributed by atoms with van der Waals surface area (Å²) >= 11 is 1.80. The zero-order valence-corrected chi connectivity index (χ0v) is 10.9. The summed E-state index contributed by atoms with van der Waals surface area (Å²) in [6, 6.07) is 6.54. The number of rotatable bonds is 1. The molecule has 1 aromatic rings. The highest BCUT2D eigenvalue weighted by Crippen LogP contribution is 2.19. The fourth-order valence-electron chi connectivity index (χ4n) is 1.03. The molecule has 0 aromatic heterocycles.